The highest BCUT2D eigenvalue weighted by molar-refractivity contribution is 6.33. The van der Waals surface area contributed by atoms with E-state index in [0.717, 1.165) is 23.6 Å². The fourth-order valence-electron chi connectivity index (χ4n) is 2.88. The SMILES string of the molecule is Cc1c(Cl)c([N+](=O)[O-])nn1CC(=O)NCCCn1nc(C(F)(F)F)cc1C1CC1. The van der Waals surface area contributed by atoms with E-state index in [1.54, 1.807) is 0 Å². The highest BCUT2D eigenvalue weighted by atomic mass is 35.5. The first-order valence-electron chi connectivity index (χ1n) is 8.87. The van der Waals surface area contributed by atoms with Crippen molar-refractivity contribution in [1.29, 1.82) is 0 Å². The Kier molecular flexibility index (Phi) is 5.82. The molecule has 13 heteroatoms. The number of hydrogen-bond donors (Lipinski definition) is 1. The molecule has 9 nitrogen and oxygen atoms in total. The van der Waals surface area contributed by atoms with Crippen molar-refractivity contribution in [1.82, 2.24) is 24.9 Å². The Morgan fingerprint density at radius 3 is 2.62 bits per heavy atom. The van der Waals surface area contributed by atoms with Crippen molar-refractivity contribution in [3.8, 4) is 0 Å². The highest BCUT2D eigenvalue weighted by Gasteiger charge is 2.37. The third kappa shape index (κ3) is 4.86. The first-order chi connectivity index (χ1) is 13.6. The number of nitro groups is 1. The number of carbonyl (C=O) groups is 1. The molecule has 0 bridgehead atoms. The maximum absolute atomic E-state index is 12.9. The molecule has 1 aliphatic rings. The van der Waals surface area contributed by atoms with Crippen LogP contribution < -0.4 is 5.32 Å². The van der Waals surface area contributed by atoms with Crippen molar-refractivity contribution < 1.29 is 22.9 Å². The van der Waals surface area contributed by atoms with Crippen molar-refractivity contribution in [2.75, 3.05) is 6.54 Å². The van der Waals surface area contributed by atoms with Crippen LogP contribution >= 0.6 is 11.6 Å². The number of nitrogens with zero attached hydrogens (tertiary/aromatic N) is 5. The zero-order valence-corrected chi connectivity index (χ0v) is 16.1. The van der Waals surface area contributed by atoms with Crippen LogP contribution in [0, 0.1) is 17.0 Å². The van der Waals surface area contributed by atoms with E-state index < -0.39 is 28.5 Å². The third-order valence-corrected chi connectivity index (χ3v) is 4.99. The van der Waals surface area contributed by atoms with Crippen LogP contribution in [0.2, 0.25) is 5.02 Å². The van der Waals surface area contributed by atoms with Gasteiger partial charge in [-0.15, -0.1) is 0 Å². The molecule has 0 aliphatic heterocycles. The number of halogens is 4. The molecule has 2 aromatic rings. The van der Waals surface area contributed by atoms with Gasteiger partial charge in [-0.1, -0.05) is 11.6 Å². The van der Waals surface area contributed by atoms with Crippen molar-refractivity contribution in [2.45, 2.75) is 51.4 Å². The van der Waals surface area contributed by atoms with E-state index >= 15 is 0 Å². The summed E-state index contributed by atoms with van der Waals surface area (Å²) >= 11 is 5.82. The largest absolute Gasteiger partial charge is 0.435 e. The van der Waals surface area contributed by atoms with Crippen LogP contribution in [0.5, 0.6) is 0 Å². The number of aryl methyl sites for hydroxylation is 1. The number of aromatic nitrogens is 4. The summed E-state index contributed by atoms with van der Waals surface area (Å²) in [6.45, 7) is 1.69. The lowest BCUT2D eigenvalue weighted by molar-refractivity contribution is -0.389. The van der Waals surface area contributed by atoms with Gasteiger partial charge in [-0.05, 0) is 37.2 Å². The molecule has 0 unspecified atom stereocenters. The average Bonchev–Trinajstić information content (AvgIpc) is 3.32. The lowest BCUT2D eigenvalue weighted by Gasteiger charge is -2.08. The van der Waals surface area contributed by atoms with Gasteiger partial charge in [0.05, 0.1) is 10.8 Å². The normalized spacial score (nSPS) is 14.2. The first kappa shape index (κ1) is 21.1. The summed E-state index contributed by atoms with van der Waals surface area (Å²) in [5, 5.41) is 20.7. The fraction of sp³-hybridized carbons (Fsp3) is 0.562. The van der Waals surface area contributed by atoms with E-state index in [1.165, 1.54) is 11.6 Å². The summed E-state index contributed by atoms with van der Waals surface area (Å²) < 4.78 is 41.1. The average molecular weight is 435 g/mol. The Morgan fingerprint density at radius 1 is 1.38 bits per heavy atom. The number of nitrogens with one attached hydrogen (secondary N) is 1. The fourth-order valence-corrected chi connectivity index (χ4v) is 3.09. The summed E-state index contributed by atoms with van der Waals surface area (Å²) in [5.41, 5.74) is -0.0485. The lowest BCUT2D eigenvalue weighted by atomic mass is 10.2. The van der Waals surface area contributed by atoms with Crippen LogP contribution in [0.3, 0.4) is 0 Å². The molecule has 1 aliphatic carbocycles. The van der Waals surface area contributed by atoms with E-state index in [-0.39, 0.29) is 30.6 Å². The van der Waals surface area contributed by atoms with E-state index in [1.807, 2.05) is 0 Å². The Bertz CT molecular complexity index is 935. The summed E-state index contributed by atoms with van der Waals surface area (Å²) in [7, 11) is 0. The summed E-state index contributed by atoms with van der Waals surface area (Å²) in [6.07, 6.45) is -2.42. The Balaban J connectivity index is 1.52. The Hall–Kier alpha value is -2.63. The molecule has 0 spiro atoms. The standard InChI is InChI=1S/C16H18ClF3N6O3/c1-9-14(17)15(26(28)29)23-25(9)8-13(27)21-5-2-6-24-11(10-3-4-10)7-12(22-24)16(18,19)20/h7,10H,2-6,8H2,1H3,(H,21,27). The Labute approximate surface area is 168 Å². The first-order valence-corrected chi connectivity index (χ1v) is 9.24. The molecule has 1 saturated carbocycles. The van der Waals surface area contributed by atoms with Gasteiger partial charge in [-0.25, -0.2) is 0 Å². The van der Waals surface area contributed by atoms with Gasteiger partial charge in [0.1, 0.15) is 6.54 Å². The van der Waals surface area contributed by atoms with Gasteiger partial charge in [-0.2, -0.15) is 23.0 Å². The molecule has 2 heterocycles. The minimum Gasteiger partial charge on any atom is -0.358 e. The minimum absolute atomic E-state index is 0.108. The van der Waals surface area contributed by atoms with Crippen LogP contribution in [0.4, 0.5) is 19.0 Å². The summed E-state index contributed by atoms with van der Waals surface area (Å²) in [4.78, 5) is 22.1. The lowest BCUT2D eigenvalue weighted by Crippen LogP contribution is -2.29. The van der Waals surface area contributed by atoms with Crippen LogP contribution in [-0.4, -0.2) is 36.9 Å². The number of carbonyl (C=O) groups excluding carboxylic acids is 1. The smallest absolute Gasteiger partial charge is 0.358 e. The second kappa shape index (κ2) is 8.01. The van der Waals surface area contributed by atoms with Crippen molar-refractivity contribution in [2.24, 2.45) is 0 Å². The maximum Gasteiger partial charge on any atom is 0.435 e. The molecule has 158 valence electrons. The van der Waals surface area contributed by atoms with Crippen molar-refractivity contribution in [3.63, 3.8) is 0 Å². The molecule has 1 fully saturated rings. The topological polar surface area (TPSA) is 108 Å². The van der Waals surface area contributed by atoms with E-state index in [0.29, 0.717) is 17.8 Å². The van der Waals surface area contributed by atoms with Gasteiger partial charge < -0.3 is 15.4 Å². The monoisotopic (exact) mass is 434 g/mol. The minimum atomic E-state index is -4.49. The predicted molar refractivity (Wildman–Crippen MR) is 95.5 cm³/mol. The molecule has 2 aromatic heterocycles. The molecule has 0 atom stereocenters. The van der Waals surface area contributed by atoms with Gasteiger partial charge in [0, 0.05) is 24.7 Å². The van der Waals surface area contributed by atoms with E-state index in [4.69, 9.17) is 11.6 Å². The summed E-state index contributed by atoms with van der Waals surface area (Å²) in [6, 6.07) is 1.09. The van der Waals surface area contributed by atoms with Crippen LogP contribution in [0.15, 0.2) is 6.07 Å². The molecule has 3 rings (SSSR count). The maximum atomic E-state index is 12.9. The van der Waals surface area contributed by atoms with Crippen LogP contribution in [0.25, 0.3) is 0 Å². The second-order valence-corrected chi connectivity index (χ2v) is 7.17. The van der Waals surface area contributed by atoms with Gasteiger partial charge in [0.15, 0.2) is 10.7 Å². The molecule has 1 amide bonds. The number of hydrogen-bond acceptors (Lipinski definition) is 5. The molecular weight excluding hydrogens is 417 g/mol. The number of amides is 1. The predicted octanol–water partition coefficient (Wildman–Crippen LogP) is 3.05. The van der Waals surface area contributed by atoms with Gasteiger partial charge in [0.25, 0.3) is 0 Å². The summed E-state index contributed by atoms with van der Waals surface area (Å²) in [5.74, 6) is -0.860. The van der Waals surface area contributed by atoms with Gasteiger partial charge >= 0.3 is 12.0 Å². The highest BCUT2D eigenvalue weighted by Crippen LogP contribution is 2.42. The quantitative estimate of drug-likeness (QED) is 0.390. The molecule has 0 aromatic carbocycles. The van der Waals surface area contributed by atoms with E-state index in [2.05, 4.69) is 15.5 Å². The molecule has 1 N–H and O–H groups in total. The molecule has 0 radical (unpaired) electrons. The van der Waals surface area contributed by atoms with Crippen molar-refractivity contribution in [3.05, 3.63) is 38.3 Å². The zero-order valence-electron chi connectivity index (χ0n) is 15.4. The van der Waals surface area contributed by atoms with Crippen LogP contribution in [0.1, 0.15) is 42.3 Å². The van der Waals surface area contributed by atoms with Crippen molar-refractivity contribution >= 4 is 23.3 Å². The second-order valence-electron chi connectivity index (χ2n) is 6.79. The van der Waals surface area contributed by atoms with Crippen LogP contribution in [-0.2, 0) is 24.1 Å². The zero-order chi connectivity index (χ0) is 21.3. The van der Waals surface area contributed by atoms with Gasteiger partial charge in [-0.3, -0.25) is 9.48 Å². The third-order valence-electron chi connectivity index (χ3n) is 4.55. The molecule has 29 heavy (non-hydrogen) atoms. The Morgan fingerprint density at radius 2 is 2.07 bits per heavy atom. The number of rotatable bonds is 8. The molecular formula is C16H18ClF3N6O3. The number of alkyl halides is 3. The van der Waals surface area contributed by atoms with Gasteiger partial charge in [0.2, 0.25) is 5.91 Å². The molecule has 0 saturated heterocycles. The van der Waals surface area contributed by atoms with E-state index in [9.17, 15) is 28.1 Å².